The topological polar surface area (TPSA) is 73.5 Å². The van der Waals surface area contributed by atoms with Crippen LogP contribution in [-0.4, -0.2) is 50.6 Å². The fourth-order valence-electron chi connectivity index (χ4n) is 3.54. The smallest absolute Gasteiger partial charge is 0.203 e. The molecular formula is C25H30ClNO6. The summed E-state index contributed by atoms with van der Waals surface area (Å²) in [7, 11) is 4.74. The van der Waals surface area contributed by atoms with Crippen LogP contribution in [-0.2, 0) is 13.1 Å². The second-order valence-corrected chi connectivity index (χ2v) is 8.07. The van der Waals surface area contributed by atoms with Gasteiger partial charge in [0.2, 0.25) is 5.75 Å². The Morgan fingerprint density at radius 2 is 1.73 bits per heavy atom. The minimum Gasteiger partial charge on any atom is -0.493 e. The van der Waals surface area contributed by atoms with E-state index in [2.05, 4.69) is 4.90 Å². The van der Waals surface area contributed by atoms with Gasteiger partial charge >= 0.3 is 0 Å². The lowest BCUT2D eigenvalue weighted by molar-refractivity contribution is 0.0604. The number of methoxy groups -OCH3 is 3. The third-order valence-corrected chi connectivity index (χ3v) is 5.56. The van der Waals surface area contributed by atoms with E-state index >= 15 is 0 Å². The number of halogens is 1. The van der Waals surface area contributed by atoms with Gasteiger partial charge in [0.25, 0.3) is 0 Å². The molecule has 3 aromatic rings. The number of rotatable bonds is 12. The Morgan fingerprint density at radius 1 is 1.00 bits per heavy atom. The zero-order valence-electron chi connectivity index (χ0n) is 19.3. The van der Waals surface area contributed by atoms with Gasteiger partial charge in [-0.2, -0.15) is 0 Å². The third-order valence-electron chi connectivity index (χ3n) is 5.13. The number of nitrogens with zero attached hydrogens (tertiary/aromatic N) is 1. The molecule has 1 N–H and O–H groups in total. The Bertz CT molecular complexity index is 999. The molecule has 0 amide bonds. The second-order valence-electron chi connectivity index (χ2n) is 7.66. The molecule has 1 unspecified atom stereocenters. The summed E-state index contributed by atoms with van der Waals surface area (Å²) in [6, 6.07) is 13.0. The van der Waals surface area contributed by atoms with Crippen LogP contribution < -0.4 is 18.9 Å². The Kier molecular flexibility index (Phi) is 8.88. The van der Waals surface area contributed by atoms with Gasteiger partial charge in [-0.3, -0.25) is 4.90 Å². The first-order chi connectivity index (χ1) is 15.9. The van der Waals surface area contributed by atoms with Crippen molar-refractivity contribution in [2.24, 2.45) is 0 Å². The molecule has 2 aromatic carbocycles. The molecule has 0 fully saturated rings. The van der Waals surface area contributed by atoms with Gasteiger partial charge in [0.15, 0.2) is 11.5 Å². The van der Waals surface area contributed by atoms with Crippen molar-refractivity contribution in [1.82, 2.24) is 4.90 Å². The van der Waals surface area contributed by atoms with Crippen molar-refractivity contribution in [3.8, 4) is 23.0 Å². The largest absolute Gasteiger partial charge is 0.493 e. The first-order valence-corrected chi connectivity index (χ1v) is 10.9. The van der Waals surface area contributed by atoms with Crippen molar-refractivity contribution in [1.29, 1.82) is 0 Å². The highest BCUT2D eigenvalue weighted by Gasteiger charge is 2.18. The van der Waals surface area contributed by atoms with Crippen LogP contribution in [0, 0.1) is 6.92 Å². The van der Waals surface area contributed by atoms with E-state index in [0.717, 1.165) is 16.9 Å². The van der Waals surface area contributed by atoms with Crippen LogP contribution in [0.4, 0.5) is 0 Å². The molecule has 7 nitrogen and oxygen atoms in total. The van der Waals surface area contributed by atoms with E-state index in [1.54, 1.807) is 39.7 Å². The number of hydrogen-bond acceptors (Lipinski definition) is 7. The Balaban J connectivity index is 1.72. The number of ether oxygens (including phenoxy) is 4. The number of benzene rings is 2. The minimum absolute atomic E-state index is 0.144. The van der Waals surface area contributed by atoms with Gasteiger partial charge in [0.1, 0.15) is 24.2 Å². The molecule has 0 spiro atoms. The molecule has 0 saturated heterocycles. The third kappa shape index (κ3) is 6.81. The molecule has 0 saturated carbocycles. The predicted octanol–water partition coefficient (Wildman–Crippen LogP) is 4.71. The van der Waals surface area contributed by atoms with Crippen LogP contribution in [0.25, 0.3) is 0 Å². The van der Waals surface area contributed by atoms with Gasteiger partial charge in [0.05, 0.1) is 34.1 Å². The minimum atomic E-state index is -0.724. The average Bonchev–Trinajstić information content (AvgIpc) is 3.32. The quantitative estimate of drug-likeness (QED) is 0.406. The summed E-state index contributed by atoms with van der Waals surface area (Å²) in [6.45, 7) is 3.46. The summed E-state index contributed by atoms with van der Waals surface area (Å²) in [5.41, 5.74) is 1.86. The molecule has 0 bridgehead atoms. The molecule has 1 aromatic heterocycles. The summed E-state index contributed by atoms with van der Waals surface area (Å²) >= 11 is 6.07. The number of aliphatic hydroxyl groups excluding tert-OH is 1. The van der Waals surface area contributed by atoms with E-state index in [1.165, 1.54) is 0 Å². The molecule has 0 radical (unpaired) electrons. The molecule has 33 heavy (non-hydrogen) atoms. The van der Waals surface area contributed by atoms with E-state index in [1.807, 2.05) is 37.3 Å². The zero-order chi connectivity index (χ0) is 23.8. The molecule has 0 aliphatic rings. The van der Waals surface area contributed by atoms with Crippen molar-refractivity contribution in [3.05, 3.63) is 70.6 Å². The van der Waals surface area contributed by atoms with Crippen LogP contribution >= 0.6 is 11.6 Å². The standard InChI is InChI=1S/C25H30ClNO6/c1-17-10-20(7-8-22(17)26)33-16-19(28)14-27(15-21-6-5-9-32-21)13-18-11-23(29-2)25(31-4)24(12-18)30-3/h5-12,19,28H,13-16H2,1-4H3. The maximum atomic E-state index is 10.7. The Morgan fingerprint density at radius 3 is 2.30 bits per heavy atom. The van der Waals surface area contributed by atoms with Crippen molar-refractivity contribution < 1.29 is 28.5 Å². The maximum absolute atomic E-state index is 10.7. The van der Waals surface area contributed by atoms with Crippen LogP contribution in [0.1, 0.15) is 16.9 Å². The lowest BCUT2D eigenvalue weighted by Crippen LogP contribution is -2.35. The Hall–Kier alpha value is -2.87. The van der Waals surface area contributed by atoms with Gasteiger partial charge in [-0.25, -0.2) is 0 Å². The number of aliphatic hydroxyl groups is 1. The van der Waals surface area contributed by atoms with Crippen molar-refractivity contribution in [2.45, 2.75) is 26.1 Å². The van der Waals surface area contributed by atoms with Crippen molar-refractivity contribution in [2.75, 3.05) is 34.5 Å². The van der Waals surface area contributed by atoms with Gasteiger partial charge in [-0.15, -0.1) is 0 Å². The molecular weight excluding hydrogens is 446 g/mol. The Labute approximate surface area is 199 Å². The highest BCUT2D eigenvalue weighted by Crippen LogP contribution is 2.38. The number of furan rings is 1. The molecule has 8 heteroatoms. The summed E-state index contributed by atoms with van der Waals surface area (Å²) in [6.07, 6.45) is 0.910. The molecule has 0 aliphatic heterocycles. The fourth-order valence-corrected chi connectivity index (χ4v) is 3.66. The molecule has 178 valence electrons. The molecule has 3 rings (SSSR count). The van der Waals surface area contributed by atoms with E-state index in [0.29, 0.717) is 47.7 Å². The molecule has 0 aliphatic carbocycles. The molecule has 1 atom stereocenters. The van der Waals surface area contributed by atoms with Gasteiger partial charge in [-0.1, -0.05) is 11.6 Å². The summed E-state index contributed by atoms with van der Waals surface area (Å²) in [5, 5.41) is 11.4. The average molecular weight is 476 g/mol. The normalized spacial score (nSPS) is 12.0. The monoisotopic (exact) mass is 475 g/mol. The molecule has 1 heterocycles. The van der Waals surface area contributed by atoms with E-state index in [9.17, 15) is 5.11 Å². The fraction of sp³-hybridized carbons (Fsp3) is 0.360. The first-order valence-electron chi connectivity index (χ1n) is 10.5. The van der Waals surface area contributed by atoms with Crippen molar-refractivity contribution in [3.63, 3.8) is 0 Å². The SMILES string of the molecule is COc1cc(CN(Cc2ccco2)CC(O)COc2ccc(Cl)c(C)c2)cc(OC)c1OC. The zero-order valence-corrected chi connectivity index (χ0v) is 20.1. The number of aryl methyl sites for hydroxylation is 1. The maximum Gasteiger partial charge on any atom is 0.203 e. The highest BCUT2D eigenvalue weighted by molar-refractivity contribution is 6.31. The van der Waals surface area contributed by atoms with E-state index < -0.39 is 6.10 Å². The predicted molar refractivity (Wildman–Crippen MR) is 127 cm³/mol. The van der Waals surface area contributed by atoms with Gasteiger partial charge in [0, 0.05) is 18.1 Å². The van der Waals surface area contributed by atoms with E-state index in [4.69, 9.17) is 35.0 Å². The van der Waals surface area contributed by atoms with Crippen LogP contribution in [0.3, 0.4) is 0 Å². The van der Waals surface area contributed by atoms with Crippen LogP contribution in [0.15, 0.2) is 53.1 Å². The summed E-state index contributed by atoms with van der Waals surface area (Å²) in [4.78, 5) is 2.07. The lowest BCUT2D eigenvalue weighted by Gasteiger charge is -2.25. The summed E-state index contributed by atoms with van der Waals surface area (Å²) < 4.78 is 27.7. The first kappa shape index (κ1) is 24.8. The highest BCUT2D eigenvalue weighted by atomic mass is 35.5. The van der Waals surface area contributed by atoms with Gasteiger partial charge < -0.3 is 28.5 Å². The number of hydrogen-bond donors (Lipinski definition) is 1. The van der Waals surface area contributed by atoms with Crippen molar-refractivity contribution >= 4 is 11.6 Å². The van der Waals surface area contributed by atoms with Crippen LogP contribution in [0.2, 0.25) is 5.02 Å². The lowest BCUT2D eigenvalue weighted by atomic mass is 10.1. The van der Waals surface area contributed by atoms with Gasteiger partial charge in [-0.05, 0) is 60.5 Å². The summed E-state index contributed by atoms with van der Waals surface area (Å²) in [5.74, 6) is 3.15. The van der Waals surface area contributed by atoms with Crippen LogP contribution in [0.5, 0.6) is 23.0 Å². The van der Waals surface area contributed by atoms with E-state index in [-0.39, 0.29) is 6.61 Å². The second kappa shape index (κ2) is 11.8.